The van der Waals surface area contributed by atoms with E-state index >= 15 is 0 Å². The molecule has 2 aromatic carbocycles. The van der Waals surface area contributed by atoms with E-state index in [1.165, 1.54) is 4.31 Å². The fourth-order valence-corrected chi connectivity index (χ4v) is 5.22. The van der Waals surface area contributed by atoms with Crippen molar-refractivity contribution in [1.29, 1.82) is 0 Å². The standard InChI is InChI=1S/C16H16BrNO2S/c1-12-8-9-15-13(11-12)5-4-10-18(15)21(19,20)16-7-3-2-6-14(16)17/h2-3,6-9,11H,4-5,10H2,1H3. The van der Waals surface area contributed by atoms with E-state index in [1.54, 1.807) is 18.2 Å². The molecule has 0 aromatic heterocycles. The second kappa shape index (κ2) is 5.46. The maximum absolute atomic E-state index is 13.0. The lowest BCUT2D eigenvalue weighted by Gasteiger charge is -2.31. The van der Waals surface area contributed by atoms with E-state index < -0.39 is 10.0 Å². The van der Waals surface area contributed by atoms with Crippen molar-refractivity contribution in [3.63, 3.8) is 0 Å². The molecule has 1 heterocycles. The summed E-state index contributed by atoms with van der Waals surface area (Å²) in [6.07, 6.45) is 1.78. The molecule has 2 aromatic rings. The molecule has 0 aliphatic carbocycles. The third kappa shape index (κ3) is 2.60. The van der Waals surface area contributed by atoms with Gasteiger partial charge in [-0.1, -0.05) is 29.8 Å². The number of aryl methyl sites for hydroxylation is 2. The van der Waals surface area contributed by atoms with Gasteiger partial charge in [0.1, 0.15) is 4.90 Å². The minimum Gasteiger partial charge on any atom is -0.266 e. The molecule has 0 saturated heterocycles. The smallest absolute Gasteiger partial charge is 0.265 e. The van der Waals surface area contributed by atoms with Gasteiger partial charge in [-0.2, -0.15) is 0 Å². The molecule has 3 rings (SSSR count). The van der Waals surface area contributed by atoms with Gasteiger partial charge in [-0.25, -0.2) is 8.42 Å². The summed E-state index contributed by atoms with van der Waals surface area (Å²) in [6.45, 7) is 2.56. The molecule has 0 saturated carbocycles. The lowest BCUT2D eigenvalue weighted by molar-refractivity contribution is 0.586. The van der Waals surface area contributed by atoms with Crippen molar-refractivity contribution in [2.45, 2.75) is 24.7 Å². The highest BCUT2D eigenvalue weighted by Gasteiger charge is 2.30. The highest BCUT2D eigenvalue weighted by molar-refractivity contribution is 9.10. The summed E-state index contributed by atoms with van der Waals surface area (Å²) < 4.78 is 28.0. The first-order chi connectivity index (χ1) is 10.00. The average Bonchev–Trinajstić information content (AvgIpc) is 2.46. The summed E-state index contributed by atoms with van der Waals surface area (Å²) >= 11 is 3.34. The van der Waals surface area contributed by atoms with Crippen molar-refractivity contribution in [2.75, 3.05) is 10.8 Å². The highest BCUT2D eigenvalue weighted by atomic mass is 79.9. The number of hydrogen-bond acceptors (Lipinski definition) is 2. The van der Waals surface area contributed by atoms with Crippen molar-refractivity contribution in [2.24, 2.45) is 0 Å². The van der Waals surface area contributed by atoms with E-state index in [0.29, 0.717) is 15.9 Å². The summed E-state index contributed by atoms with van der Waals surface area (Å²) in [4.78, 5) is 0.318. The van der Waals surface area contributed by atoms with Gasteiger partial charge >= 0.3 is 0 Å². The number of halogens is 1. The SMILES string of the molecule is Cc1ccc2c(c1)CCCN2S(=O)(=O)c1ccccc1Br. The van der Waals surface area contributed by atoms with Crippen LogP contribution in [-0.2, 0) is 16.4 Å². The van der Waals surface area contributed by atoms with Gasteiger partial charge in [-0.15, -0.1) is 0 Å². The second-order valence-electron chi connectivity index (χ2n) is 5.24. The predicted molar refractivity (Wildman–Crippen MR) is 88.2 cm³/mol. The van der Waals surface area contributed by atoms with Gasteiger partial charge in [0.15, 0.2) is 0 Å². The van der Waals surface area contributed by atoms with Crippen LogP contribution >= 0.6 is 15.9 Å². The maximum atomic E-state index is 13.0. The number of benzene rings is 2. The number of fused-ring (bicyclic) bond motifs is 1. The van der Waals surface area contributed by atoms with Gasteiger partial charge in [0.2, 0.25) is 0 Å². The number of anilines is 1. The van der Waals surface area contributed by atoms with Gasteiger partial charge in [-0.3, -0.25) is 4.31 Å². The van der Waals surface area contributed by atoms with Crippen molar-refractivity contribution in [3.05, 3.63) is 58.1 Å². The van der Waals surface area contributed by atoms with E-state index in [2.05, 4.69) is 22.0 Å². The number of sulfonamides is 1. The molecule has 0 atom stereocenters. The largest absolute Gasteiger partial charge is 0.266 e. The Morgan fingerprint density at radius 3 is 2.67 bits per heavy atom. The number of rotatable bonds is 2. The lowest BCUT2D eigenvalue weighted by Crippen LogP contribution is -2.35. The lowest BCUT2D eigenvalue weighted by atomic mass is 10.0. The van der Waals surface area contributed by atoms with Crippen LogP contribution < -0.4 is 4.31 Å². The summed E-state index contributed by atoms with van der Waals surface area (Å²) in [6, 6.07) is 12.9. The zero-order valence-corrected chi connectivity index (χ0v) is 14.1. The molecule has 5 heteroatoms. The third-order valence-electron chi connectivity index (χ3n) is 3.72. The normalized spacial score (nSPS) is 14.9. The third-order valence-corrected chi connectivity index (χ3v) is 6.54. The molecular weight excluding hydrogens is 350 g/mol. The average molecular weight is 366 g/mol. The van der Waals surface area contributed by atoms with Crippen LogP contribution in [0.3, 0.4) is 0 Å². The summed E-state index contributed by atoms with van der Waals surface area (Å²) in [5, 5.41) is 0. The summed E-state index contributed by atoms with van der Waals surface area (Å²) in [5.74, 6) is 0. The van der Waals surface area contributed by atoms with Gasteiger partial charge in [0, 0.05) is 11.0 Å². The van der Waals surface area contributed by atoms with Crippen LogP contribution in [0.5, 0.6) is 0 Å². The minimum absolute atomic E-state index is 0.318. The molecule has 0 spiro atoms. The molecule has 0 bridgehead atoms. The van der Waals surface area contributed by atoms with Gasteiger partial charge < -0.3 is 0 Å². The first kappa shape index (κ1) is 14.6. The molecule has 0 fully saturated rings. The Morgan fingerprint density at radius 2 is 1.90 bits per heavy atom. The molecule has 110 valence electrons. The maximum Gasteiger partial charge on any atom is 0.265 e. The van der Waals surface area contributed by atoms with Crippen LogP contribution in [0.1, 0.15) is 17.5 Å². The van der Waals surface area contributed by atoms with Crippen molar-refractivity contribution in [1.82, 2.24) is 0 Å². The van der Waals surface area contributed by atoms with E-state index in [4.69, 9.17) is 0 Å². The first-order valence-electron chi connectivity index (χ1n) is 6.87. The van der Waals surface area contributed by atoms with Gasteiger partial charge in [-0.05, 0) is 59.5 Å². The van der Waals surface area contributed by atoms with E-state index in [0.717, 1.165) is 29.7 Å². The molecule has 0 unspecified atom stereocenters. The van der Waals surface area contributed by atoms with Crippen LogP contribution in [0, 0.1) is 6.92 Å². The van der Waals surface area contributed by atoms with Gasteiger partial charge in [0.25, 0.3) is 10.0 Å². The van der Waals surface area contributed by atoms with Gasteiger partial charge in [0.05, 0.1) is 5.69 Å². The van der Waals surface area contributed by atoms with Crippen LogP contribution in [0.15, 0.2) is 51.8 Å². The van der Waals surface area contributed by atoms with E-state index in [1.807, 2.05) is 25.1 Å². The molecule has 0 radical (unpaired) electrons. The molecule has 0 N–H and O–H groups in total. The fraction of sp³-hybridized carbons (Fsp3) is 0.250. The van der Waals surface area contributed by atoms with Crippen LogP contribution in [0.25, 0.3) is 0 Å². The Balaban J connectivity index is 2.12. The zero-order chi connectivity index (χ0) is 15.0. The molecular formula is C16H16BrNO2S. The predicted octanol–water partition coefficient (Wildman–Crippen LogP) is 3.90. The number of hydrogen-bond donors (Lipinski definition) is 0. The Morgan fingerprint density at radius 1 is 1.14 bits per heavy atom. The Bertz CT molecular complexity index is 787. The van der Waals surface area contributed by atoms with Crippen LogP contribution in [-0.4, -0.2) is 15.0 Å². The molecule has 0 amide bonds. The van der Waals surface area contributed by atoms with Crippen LogP contribution in [0.4, 0.5) is 5.69 Å². The summed E-state index contributed by atoms with van der Waals surface area (Å²) in [5.41, 5.74) is 3.08. The summed E-state index contributed by atoms with van der Waals surface area (Å²) in [7, 11) is -3.53. The first-order valence-corrected chi connectivity index (χ1v) is 9.10. The highest BCUT2D eigenvalue weighted by Crippen LogP contribution is 2.34. The Labute approximate surface area is 133 Å². The Kier molecular flexibility index (Phi) is 3.80. The minimum atomic E-state index is -3.53. The molecule has 1 aliphatic rings. The fourth-order valence-electron chi connectivity index (χ4n) is 2.71. The van der Waals surface area contributed by atoms with Crippen LogP contribution in [0.2, 0.25) is 0 Å². The van der Waals surface area contributed by atoms with E-state index in [-0.39, 0.29) is 0 Å². The molecule has 21 heavy (non-hydrogen) atoms. The number of nitrogens with zero attached hydrogens (tertiary/aromatic N) is 1. The molecule has 3 nitrogen and oxygen atoms in total. The zero-order valence-electron chi connectivity index (χ0n) is 11.7. The Hall–Kier alpha value is -1.33. The second-order valence-corrected chi connectivity index (χ2v) is 7.93. The van der Waals surface area contributed by atoms with E-state index in [9.17, 15) is 8.42 Å². The monoisotopic (exact) mass is 365 g/mol. The van der Waals surface area contributed by atoms with Crippen molar-refractivity contribution < 1.29 is 8.42 Å². The quantitative estimate of drug-likeness (QED) is 0.809. The topological polar surface area (TPSA) is 37.4 Å². The van der Waals surface area contributed by atoms with Crippen molar-refractivity contribution >= 4 is 31.6 Å². The van der Waals surface area contributed by atoms with Crippen molar-refractivity contribution in [3.8, 4) is 0 Å². The molecule has 1 aliphatic heterocycles.